The van der Waals surface area contributed by atoms with Gasteiger partial charge in [0.2, 0.25) is 0 Å². The number of rotatable bonds is 7. The minimum Gasteiger partial charge on any atom is -0.507 e. The number of aliphatic hydroxyl groups is 1. The topological polar surface area (TPSA) is 92.0 Å². The highest BCUT2D eigenvalue weighted by atomic mass is 16.3. The van der Waals surface area contributed by atoms with Gasteiger partial charge in [-0.05, 0) is 78.8 Å². The molecular weight excluding hydrogens is 592 g/mol. The lowest BCUT2D eigenvalue weighted by atomic mass is 9.82. The Morgan fingerprint density at radius 2 is 1.29 bits per heavy atom. The molecule has 0 aliphatic heterocycles. The van der Waals surface area contributed by atoms with Crippen LogP contribution in [0.25, 0.3) is 55.5 Å². The van der Waals surface area contributed by atoms with Gasteiger partial charge < -0.3 is 10.2 Å². The third-order valence-corrected chi connectivity index (χ3v) is 9.24. The van der Waals surface area contributed by atoms with Crippen LogP contribution in [-0.4, -0.2) is 30.1 Å². The summed E-state index contributed by atoms with van der Waals surface area (Å²) in [6.07, 6.45) is 13.0. The number of hydrogen-bond acceptors (Lipinski definition) is 6. The van der Waals surface area contributed by atoms with Gasteiger partial charge in [-0.2, -0.15) is 0 Å². The van der Waals surface area contributed by atoms with E-state index >= 15 is 0 Å². The van der Waals surface area contributed by atoms with E-state index in [9.17, 15) is 10.2 Å². The van der Waals surface area contributed by atoms with Crippen LogP contribution in [0, 0.1) is 5.41 Å². The lowest BCUT2D eigenvalue weighted by Crippen LogP contribution is -2.13. The van der Waals surface area contributed by atoms with Crippen molar-refractivity contribution in [2.75, 3.05) is 0 Å². The molecule has 0 spiro atoms. The summed E-state index contributed by atoms with van der Waals surface area (Å²) < 4.78 is 0. The predicted molar refractivity (Wildman–Crippen MR) is 195 cm³/mol. The second-order valence-electron chi connectivity index (χ2n) is 13.1. The molecule has 0 radical (unpaired) electrons. The van der Waals surface area contributed by atoms with Crippen LogP contribution in [0.15, 0.2) is 121 Å². The third-order valence-electron chi connectivity index (χ3n) is 9.24. The summed E-state index contributed by atoms with van der Waals surface area (Å²) >= 11 is 0. The molecule has 0 fully saturated rings. The molecule has 4 aromatic heterocycles. The van der Waals surface area contributed by atoms with Crippen LogP contribution in [0.2, 0.25) is 0 Å². The van der Waals surface area contributed by atoms with E-state index in [1.54, 1.807) is 12.4 Å². The van der Waals surface area contributed by atoms with Gasteiger partial charge in [-0.3, -0.25) is 9.97 Å². The molecule has 7 rings (SSSR count). The van der Waals surface area contributed by atoms with Gasteiger partial charge in [-0.15, -0.1) is 0 Å². The number of pyridine rings is 4. The Bertz CT molecular complexity index is 2240. The fourth-order valence-corrected chi connectivity index (χ4v) is 6.25. The first-order valence-electron chi connectivity index (χ1n) is 16.5. The van der Waals surface area contributed by atoms with E-state index in [-0.39, 0.29) is 16.9 Å². The van der Waals surface area contributed by atoms with Crippen molar-refractivity contribution in [1.82, 2.24) is 19.9 Å². The molecule has 6 aromatic rings. The van der Waals surface area contributed by atoms with Gasteiger partial charge >= 0.3 is 0 Å². The molecule has 0 saturated heterocycles. The molecule has 1 aliphatic rings. The van der Waals surface area contributed by atoms with E-state index < -0.39 is 0 Å². The van der Waals surface area contributed by atoms with Crippen LogP contribution in [0.3, 0.4) is 0 Å². The maximum Gasteiger partial charge on any atom is 0.134 e. The number of phenols is 1. The van der Waals surface area contributed by atoms with Crippen molar-refractivity contribution in [2.24, 2.45) is 5.41 Å². The Labute approximate surface area is 280 Å². The Hall–Kier alpha value is -5.62. The third kappa shape index (κ3) is 6.09. The van der Waals surface area contributed by atoms with E-state index in [1.165, 1.54) is 0 Å². The zero-order valence-corrected chi connectivity index (χ0v) is 27.5. The van der Waals surface area contributed by atoms with E-state index in [0.29, 0.717) is 39.4 Å². The van der Waals surface area contributed by atoms with Crippen LogP contribution in [0.5, 0.6) is 5.75 Å². The Balaban J connectivity index is 1.40. The van der Waals surface area contributed by atoms with Gasteiger partial charge in [0.25, 0.3) is 0 Å². The number of aromatic hydroxyl groups is 1. The quantitative estimate of drug-likeness (QED) is 0.171. The fraction of sp³-hybridized carbons (Fsp3) is 0.190. The van der Waals surface area contributed by atoms with Crippen molar-refractivity contribution in [3.63, 3.8) is 0 Å². The van der Waals surface area contributed by atoms with Crippen LogP contribution < -0.4 is 0 Å². The first-order chi connectivity index (χ1) is 23.3. The number of benzene rings is 2. The van der Waals surface area contributed by atoms with Gasteiger partial charge in [0.1, 0.15) is 11.5 Å². The van der Waals surface area contributed by atoms with Gasteiger partial charge in [-0.1, -0.05) is 81.8 Å². The summed E-state index contributed by atoms with van der Waals surface area (Å²) in [5.41, 5.74) is 8.04. The van der Waals surface area contributed by atoms with E-state index in [0.717, 1.165) is 58.7 Å². The SMILES string of the molecule is CCC(C)(C)Cc1cc(-c2ccccn2)c(O)c(-c2ccc3ccc4ccc(C5=C(O)/C(c6ccccn6)=C\CC/C=C\5)nc4c3n2)c1. The molecule has 6 heteroatoms. The first-order valence-corrected chi connectivity index (χ1v) is 16.5. The van der Waals surface area contributed by atoms with E-state index in [4.69, 9.17) is 9.97 Å². The molecule has 2 N–H and O–H groups in total. The number of aromatic nitrogens is 4. The minimum atomic E-state index is 0.0836. The molecule has 48 heavy (non-hydrogen) atoms. The second kappa shape index (κ2) is 12.9. The average molecular weight is 631 g/mol. The van der Waals surface area contributed by atoms with Crippen LogP contribution >= 0.6 is 0 Å². The normalized spacial score (nSPS) is 17.1. The predicted octanol–water partition coefficient (Wildman–Crippen LogP) is 10.3. The first kappa shape index (κ1) is 31.0. The maximum atomic E-state index is 11.7. The number of hydrogen-bond donors (Lipinski definition) is 2. The highest BCUT2D eigenvalue weighted by Crippen LogP contribution is 2.41. The monoisotopic (exact) mass is 630 g/mol. The lowest BCUT2D eigenvalue weighted by Gasteiger charge is -2.24. The molecule has 0 unspecified atom stereocenters. The van der Waals surface area contributed by atoms with Gasteiger partial charge in [0.15, 0.2) is 0 Å². The smallest absolute Gasteiger partial charge is 0.134 e. The van der Waals surface area contributed by atoms with Gasteiger partial charge in [-0.25, -0.2) is 9.97 Å². The summed E-state index contributed by atoms with van der Waals surface area (Å²) in [6, 6.07) is 27.6. The largest absolute Gasteiger partial charge is 0.507 e. The van der Waals surface area contributed by atoms with Crippen LogP contribution in [0.4, 0.5) is 0 Å². The molecule has 1 aliphatic carbocycles. The Morgan fingerprint density at radius 1 is 0.688 bits per heavy atom. The Kier molecular flexibility index (Phi) is 8.32. The molecule has 0 amide bonds. The van der Waals surface area contributed by atoms with Crippen LogP contribution in [0.1, 0.15) is 57.0 Å². The van der Waals surface area contributed by atoms with Crippen molar-refractivity contribution in [3.8, 4) is 28.3 Å². The summed E-state index contributed by atoms with van der Waals surface area (Å²) in [4.78, 5) is 19.4. The lowest BCUT2D eigenvalue weighted by molar-refractivity contribution is 0.349. The zero-order valence-electron chi connectivity index (χ0n) is 27.5. The molecule has 6 nitrogen and oxygen atoms in total. The second-order valence-corrected chi connectivity index (χ2v) is 13.1. The van der Waals surface area contributed by atoms with Crippen LogP contribution in [-0.2, 0) is 6.42 Å². The van der Waals surface area contributed by atoms with Gasteiger partial charge in [0.05, 0.1) is 33.8 Å². The minimum absolute atomic E-state index is 0.0836. The van der Waals surface area contributed by atoms with E-state index in [2.05, 4.69) is 48.9 Å². The number of allylic oxidation sites excluding steroid dienone is 5. The highest BCUT2D eigenvalue weighted by molar-refractivity contribution is 6.04. The summed E-state index contributed by atoms with van der Waals surface area (Å²) in [7, 11) is 0. The molecule has 0 bridgehead atoms. The zero-order chi connectivity index (χ0) is 33.3. The van der Waals surface area contributed by atoms with Crippen molar-refractivity contribution in [2.45, 2.75) is 46.5 Å². The number of aliphatic hydroxyl groups excluding tert-OH is 1. The maximum absolute atomic E-state index is 11.7. The highest BCUT2D eigenvalue weighted by Gasteiger charge is 2.22. The summed E-state index contributed by atoms with van der Waals surface area (Å²) in [5, 5.41) is 25.2. The molecule has 4 heterocycles. The summed E-state index contributed by atoms with van der Waals surface area (Å²) in [6.45, 7) is 6.73. The average Bonchev–Trinajstić information content (AvgIpc) is 3.11. The molecule has 0 atom stereocenters. The molecule has 2 aromatic carbocycles. The molecular formula is C42H38N4O2. The van der Waals surface area contributed by atoms with E-state index in [1.807, 2.05) is 84.9 Å². The number of phenolic OH excluding ortho intramolecular Hbond substituents is 1. The Morgan fingerprint density at radius 3 is 1.94 bits per heavy atom. The van der Waals surface area contributed by atoms with Crippen molar-refractivity contribution in [3.05, 3.63) is 138 Å². The molecule has 0 saturated carbocycles. The molecule has 238 valence electrons. The standard InChI is InChI=1S/C42H38N4O2/c1-4-42(2,3)26-27-24-32(35-15-9-11-23-44-35)41(48)33(25-27)37-21-19-29-17-16-28-18-20-36(45-38(28)39(29)46-37)31-13-7-5-6-12-30(40(31)47)34-14-8-10-22-43-34/h7-25,47-48H,4-6,26H2,1-3H3/b13-7-,30-12-,40-31-. The number of nitrogens with zero attached hydrogens (tertiary/aromatic N) is 4. The fourth-order valence-electron chi connectivity index (χ4n) is 6.25. The van der Waals surface area contributed by atoms with Crippen molar-refractivity contribution < 1.29 is 10.2 Å². The summed E-state index contributed by atoms with van der Waals surface area (Å²) in [5.74, 6) is 0.292. The number of fused-ring (bicyclic) bond motifs is 3. The van der Waals surface area contributed by atoms with Gasteiger partial charge in [0, 0.05) is 45.4 Å². The van der Waals surface area contributed by atoms with Crippen molar-refractivity contribution in [1.29, 1.82) is 0 Å². The van der Waals surface area contributed by atoms with Crippen molar-refractivity contribution >= 4 is 33.0 Å².